The van der Waals surface area contributed by atoms with E-state index >= 15 is 0 Å². The van der Waals surface area contributed by atoms with E-state index in [0.717, 1.165) is 69.0 Å². The molecule has 0 unspecified atom stereocenters. The van der Waals surface area contributed by atoms with Crippen LogP contribution in [0.4, 0.5) is 28.4 Å². The number of carbonyl (C=O) groups is 1. The highest BCUT2D eigenvalue weighted by molar-refractivity contribution is 7.93. The third-order valence-corrected chi connectivity index (χ3v) is 11.2. The summed E-state index contributed by atoms with van der Waals surface area (Å²) >= 11 is 0. The van der Waals surface area contributed by atoms with E-state index in [1.165, 1.54) is 31.0 Å². The minimum Gasteiger partial charge on any atom is -0.395 e. The molecular formula is C31H43N5O5S. The summed E-state index contributed by atoms with van der Waals surface area (Å²) in [6, 6.07) is 9.26. The van der Waals surface area contributed by atoms with Crippen molar-refractivity contribution in [3.63, 3.8) is 0 Å². The zero-order chi connectivity index (χ0) is 29.6. The molecule has 2 aromatic carbocycles. The molecule has 3 heterocycles. The van der Waals surface area contributed by atoms with Gasteiger partial charge < -0.3 is 29.9 Å². The fourth-order valence-corrected chi connectivity index (χ4v) is 7.42. The first kappa shape index (κ1) is 29.1. The number of nitrogens with one attached hydrogen (secondary N) is 2. The molecule has 6 rings (SSSR count). The van der Waals surface area contributed by atoms with Crippen molar-refractivity contribution in [1.82, 2.24) is 0 Å². The number of hydrogen-bond donors (Lipinski definition) is 3. The van der Waals surface area contributed by atoms with Gasteiger partial charge in [-0.15, -0.1) is 0 Å². The monoisotopic (exact) mass is 597 g/mol. The number of fused-ring (bicyclic) bond motifs is 1. The van der Waals surface area contributed by atoms with Crippen LogP contribution in [0.2, 0.25) is 0 Å². The van der Waals surface area contributed by atoms with E-state index in [9.17, 15) is 18.3 Å². The number of amides is 1. The second-order valence-corrected chi connectivity index (χ2v) is 14.7. The summed E-state index contributed by atoms with van der Waals surface area (Å²) in [5.74, 6) is -0.220. The average molecular weight is 598 g/mol. The van der Waals surface area contributed by atoms with Crippen molar-refractivity contribution in [3.8, 4) is 0 Å². The highest BCUT2D eigenvalue weighted by Gasteiger charge is 2.44. The van der Waals surface area contributed by atoms with Gasteiger partial charge in [-0.25, -0.2) is 8.42 Å². The zero-order valence-corrected chi connectivity index (χ0v) is 25.7. The maximum atomic E-state index is 13.9. The number of aliphatic hydroxyl groups excluding tert-OH is 1. The van der Waals surface area contributed by atoms with Gasteiger partial charge in [0.2, 0.25) is 10.0 Å². The van der Waals surface area contributed by atoms with E-state index in [2.05, 4.69) is 50.8 Å². The molecule has 0 bridgehead atoms. The average Bonchev–Trinajstić information content (AvgIpc) is 3.62. The normalized spacial score (nSPS) is 22.2. The number of ether oxygens (including phenoxy) is 1. The lowest BCUT2D eigenvalue weighted by molar-refractivity contribution is 0.0532. The van der Waals surface area contributed by atoms with E-state index in [4.69, 9.17) is 4.74 Å². The Balaban J connectivity index is 1.30. The van der Waals surface area contributed by atoms with Crippen molar-refractivity contribution >= 4 is 44.4 Å². The second kappa shape index (κ2) is 11.2. The van der Waals surface area contributed by atoms with E-state index in [0.29, 0.717) is 23.3 Å². The van der Waals surface area contributed by atoms with Crippen molar-refractivity contribution in [2.24, 2.45) is 5.41 Å². The number of anilines is 5. The molecule has 42 heavy (non-hydrogen) atoms. The van der Waals surface area contributed by atoms with Gasteiger partial charge in [-0.05, 0) is 87.3 Å². The van der Waals surface area contributed by atoms with Crippen LogP contribution in [0.25, 0.3) is 0 Å². The minimum atomic E-state index is -3.77. The van der Waals surface area contributed by atoms with Crippen LogP contribution in [-0.2, 0) is 21.2 Å². The number of piperidine rings is 1. The maximum absolute atomic E-state index is 13.9. The number of carbonyl (C=O) groups excluding carboxylic acids is 1. The maximum Gasteiger partial charge on any atom is 0.257 e. The van der Waals surface area contributed by atoms with E-state index in [1.54, 1.807) is 18.2 Å². The fraction of sp³-hybridized carbons (Fsp3) is 0.581. The van der Waals surface area contributed by atoms with Gasteiger partial charge in [0, 0.05) is 45.5 Å². The molecule has 1 amide bonds. The van der Waals surface area contributed by atoms with Crippen LogP contribution in [0.1, 0.15) is 55.5 Å². The lowest BCUT2D eigenvalue weighted by atomic mass is 9.93. The molecule has 2 aromatic rings. The van der Waals surface area contributed by atoms with Gasteiger partial charge in [0.15, 0.2) is 0 Å². The van der Waals surface area contributed by atoms with Crippen LogP contribution >= 0.6 is 0 Å². The predicted molar refractivity (Wildman–Crippen MR) is 168 cm³/mol. The SMILES string of the molecule is C[C@@H]1CN(c2cc(NC(=O)c3ccc(NS(=O)(=O)[C@@H](C)CO)cc3N3CCC4(CC3)CC4)cc3c2N(C)CC3)CCO1. The molecule has 2 atom stereocenters. The van der Waals surface area contributed by atoms with Crippen LogP contribution < -0.4 is 24.7 Å². The number of benzene rings is 2. The van der Waals surface area contributed by atoms with Crippen molar-refractivity contribution in [3.05, 3.63) is 41.5 Å². The molecule has 2 saturated heterocycles. The molecule has 1 saturated carbocycles. The summed E-state index contributed by atoms with van der Waals surface area (Å²) in [6.07, 6.45) is 5.74. The second-order valence-electron chi connectivity index (χ2n) is 12.6. The molecule has 4 aliphatic rings. The highest BCUT2D eigenvalue weighted by Crippen LogP contribution is 2.54. The number of likely N-dealkylation sites (N-methyl/N-ethyl adjacent to an activating group) is 1. The van der Waals surface area contributed by atoms with Gasteiger partial charge in [-0.1, -0.05) is 0 Å². The van der Waals surface area contributed by atoms with E-state index in [-0.39, 0.29) is 12.0 Å². The molecule has 3 aliphatic heterocycles. The first-order chi connectivity index (χ1) is 20.1. The van der Waals surface area contributed by atoms with Crippen LogP contribution in [0.5, 0.6) is 0 Å². The molecular weight excluding hydrogens is 554 g/mol. The van der Waals surface area contributed by atoms with Crippen molar-refractivity contribution < 1.29 is 23.1 Å². The fourth-order valence-electron chi connectivity index (χ4n) is 6.57. The van der Waals surface area contributed by atoms with Crippen molar-refractivity contribution in [2.45, 2.75) is 57.3 Å². The largest absolute Gasteiger partial charge is 0.395 e. The number of aliphatic hydroxyl groups is 1. The number of rotatable bonds is 8. The predicted octanol–water partition coefficient (Wildman–Crippen LogP) is 3.66. The number of sulfonamides is 1. The highest BCUT2D eigenvalue weighted by atomic mass is 32.2. The van der Waals surface area contributed by atoms with Crippen LogP contribution in [-0.4, -0.2) is 83.8 Å². The molecule has 0 radical (unpaired) electrons. The minimum absolute atomic E-state index is 0.137. The summed E-state index contributed by atoms with van der Waals surface area (Å²) in [7, 11) is -1.65. The van der Waals surface area contributed by atoms with Gasteiger partial charge in [-0.3, -0.25) is 9.52 Å². The summed E-state index contributed by atoms with van der Waals surface area (Å²) in [6.45, 7) is 7.94. The summed E-state index contributed by atoms with van der Waals surface area (Å²) in [4.78, 5) is 20.8. The van der Waals surface area contributed by atoms with Gasteiger partial charge in [0.05, 0.1) is 47.6 Å². The quantitative estimate of drug-likeness (QED) is 0.423. The van der Waals surface area contributed by atoms with Crippen LogP contribution in [0, 0.1) is 5.41 Å². The topological polar surface area (TPSA) is 114 Å². The molecule has 3 N–H and O–H groups in total. The number of morpholine rings is 1. The van der Waals surface area contributed by atoms with Crippen LogP contribution in [0.15, 0.2) is 30.3 Å². The Morgan fingerprint density at radius 2 is 1.79 bits per heavy atom. The standard InChI is InChI=1S/C31H43N5O5S/c1-21-19-36(14-15-41-21)28-18-25(16-23-6-11-34(3)29(23)28)32-30(38)26-5-4-24(33-42(39,40)22(2)20-37)17-27(26)35-12-9-31(7-8-31)10-13-35/h4-5,16-18,21-22,33,37H,6-15,19-20H2,1-3H3,(H,32,38)/t21-,22+/m1/s1. The van der Waals surface area contributed by atoms with Gasteiger partial charge in [0.1, 0.15) is 5.25 Å². The summed E-state index contributed by atoms with van der Waals surface area (Å²) in [5, 5.41) is 11.7. The molecule has 1 aliphatic carbocycles. The van der Waals surface area contributed by atoms with Gasteiger partial charge >= 0.3 is 0 Å². The summed E-state index contributed by atoms with van der Waals surface area (Å²) in [5.41, 5.74) is 6.40. The van der Waals surface area contributed by atoms with Gasteiger partial charge in [0.25, 0.3) is 5.91 Å². The molecule has 10 nitrogen and oxygen atoms in total. The third-order valence-electron chi connectivity index (χ3n) is 9.52. The lowest BCUT2D eigenvalue weighted by Gasteiger charge is -2.35. The Morgan fingerprint density at radius 3 is 2.48 bits per heavy atom. The Morgan fingerprint density at radius 1 is 1.05 bits per heavy atom. The Kier molecular flexibility index (Phi) is 7.78. The third kappa shape index (κ3) is 5.78. The number of nitrogens with zero attached hydrogens (tertiary/aromatic N) is 3. The smallest absolute Gasteiger partial charge is 0.257 e. The molecule has 11 heteroatoms. The lowest BCUT2D eigenvalue weighted by Crippen LogP contribution is -2.41. The van der Waals surface area contributed by atoms with Crippen LogP contribution in [0.3, 0.4) is 0 Å². The molecule has 3 fully saturated rings. The molecule has 0 aromatic heterocycles. The number of hydrogen-bond acceptors (Lipinski definition) is 8. The first-order valence-electron chi connectivity index (χ1n) is 15.1. The first-order valence-corrected chi connectivity index (χ1v) is 16.7. The van der Waals surface area contributed by atoms with Gasteiger partial charge in [-0.2, -0.15) is 0 Å². The summed E-state index contributed by atoms with van der Waals surface area (Å²) < 4.78 is 33.8. The van der Waals surface area contributed by atoms with E-state index < -0.39 is 21.9 Å². The molecule has 1 spiro atoms. The Bertz CT molecular complexity index is 1450. The Hall–Kier alpha value is -3.02. The van der Waals surface area contributed by atoms with E-state index in [1.807, 2.05) is 0 Å². The zero-order valence-electron chi connectivity index (χ0n) is 24.9. The Labute approximate surface area is 249 Å². The van der Waals surface area contributed by atoms with Crippen molar-refractivity contribution in [2.75, 3.05) is 77.7 Å². The molecule has 228 valence electrons. The van der Waals surface area contributed by atoms with Crippen molar-refractivity contribution in [1.29, 1.82) is 0 Å².